The van der Waals surface area contributed by atoms with Crippen LogP contribution in [0.4, 0.5) is 4.39 Å². The van der Waals surface area contributed by atoms with Gasteiger partial charge in [-0.25, -0.2) is 9.37 Å². The molecule has 0 saturated carbocycles. The van der Waals surface area contributed by atoms with E-state index < -0.39 is 45.0 Å². The van der Waals surface area contributed by atoms with Crippen LogP contribution in [-0.4, -0.2) is 96.0 Å². The average molecular weight is 525 g/mol. The quantitative estimate of drug-likeness (QED) is 0.517. The number of benzene rings is 1. The monoisotopic (exact) mass is 524 g/mol. The van der Waals surface area contributed by atoms with Gasteiger partial charge < -0.3 is 20.1 Å². The second kappa shape index (κ2) is 10.6. The first-order chi connectivity index (χ1) is 17.1. The van der Waals surface area contributed by atoms with Crippen molar-refractivity contribution in [2.24, 2.45) is 0 Å². The molecular weight excluding hydrogens is 495 g/mol. The highest BCUT2D eigenvalue weighted by atomic mass is 32.2. The smallest absolute Gasteiger partial charge is 0.296 e. The molecule has 12 nitrogen and oxygen atoms in total. The fourth-order valence-corrected chi connectivity index (χ4v) is 5.58. The largest absolute Gasteiger partial charge is 0.501 e. The number of ether oxygens (including phenoxy) is 1. The van der Waals surface area contributed by atoms with Crippen molar-refractivity contribution in [3.8, 4) is 5.75 Å². The fraction of sp³-hybridized carbons (Fsp3) is 0.500. The van der Waals surface area contributed by atoms with Crippen LogP contribution in [0, 0.1) is 5.82 Å². The van der Waals surface area contributed by atoms with E-state index in [9.17, 15) is 27.5 Å². The molecule has 1 amide bonds. The maximum Gasteiger partial charge on any atom is 0.296 e. The highest BCUT2D eigenvalue weighted by molar-refractivity contribution is 7.86. The summed E-state index contributed by atoms with van der Waals surface area (Å²) in [7, 11) is -0.648. The number of rotatable bonds is 6. The number of carbonyl (C=O) groups is 1. The number of aromatic hydroxyl groups is 1. The van der Waals surface area contributed by atoms with Crippen LogP contribution >= 0.6 is 0 Å². The molecule has 0 radical (unpaired) electrons. The third-order valence-electron chi connectivity index (χ3n) is 6.38. The molecule has 1 aromatic carbocycles. The van der Waals surface area contributed by atoms with Gasteiger partial charge in [0.1, 0.15) is 17.7 Å². The van der Waals surface area contributed by atoms with E-state index in [0.29, 0.717) is 31.7 Å². The maximum atomic E-state index is 13.4. The predicted octanol–water partition coefficient (Wildman–Crippen LogP) is -0.487. The Morgan fingerprint density at radius 1 is 1.22 bits per heavy atom. The lowest BCUT2D eigenvalue weighted by molar-refractivity contribution is 0.0937. The van der Waals surface area contributed by atoms with Crippen LogP contribution in [0.5, 0.6) is 5.75 Å². The summed E-state index contributed by atoms with van der Waals surface area (Å²) in [6.07, 6.45) is 0. The number of likely N-dealkylation sites (N-methyl/N-ethyl adjacent to an activating group) is 2. The molecule has 2 N–H and O–H groups in total. The normalized spacial score (nSPS) is 19.6. The lowest BCUT2D eigenvalue weighted by atomic mass is 10.2. The molecule has 1 atom stereocenters. The van der Waals surface area contributed by atoms with E-state index in [1.807, 2.05) is 11.9 Å². The molecule has 36 heavy (non-hydrogen) atoms. The predicted molar refractivity (Wildman–Crippen MR) is 127 cm³/mol. The zero-order chi connectivity index (χ0) is 26.0. The third-order valence-corrected chi connectivity index (χ3v) is 8.38. The fourth-order valence-electron chi connectivity index (χ4n) is 4.11. The van der Waals surface area contributed by atoms with Crippen molar-refractivity contribution in [3.63, 3.8) is 0 Å². The summed E-state index contributed by atoms with van der Waals surface area (Å²) in [5.41, 5.74) is -0.793. The lowest BCUT2D eigenvalue weighted by Crippen LogP contribution is -2.52. The number of nitrogens with one attached hydrogen (secondary N) is 1. The van der Waals surface area contributed by atoms with Gasteiger partial charge in [0.2, 0.25) is 5.75 Å². The first-order valence-electron chi connectivity index (χ1n) is 11.5. The Labute approximate surface area is 208 Å². The van der Waals surface area contributed by atoms with Gasteiger partial charge in [-0.3, -0.25) is 14.2 Å². The van der Waals surface area contributed by atoms with E-state index >= 15 is 0 Å². The number of piperazine rings is 1. The summed E-state index contributed by atoms with van der Waals surface area (Å²) in [4.78, 5) is 32.1. The second-order valence-electron chi connectivity index (χ2n) is 8.75. The third kappa shape index (κ3) is 5.27. The molecule has 0 aliphatic carbocycles. The molecule has 196 valence electrons. The second-order valence-corrected chi connectivity index (χ2v) is 10.7. The van der Waals surface area contributed by atoms with Gasteiger partial charge in [0, 0.05) is 39.8 Å². The highest BCUT2D eigenvalue weighted by Gasteiger charge is 2.38. The molecule has 1 saturated heterocycles. The molecule has 0 bridgehead atoms. The van der Waals surface area contributed by atoms with Crippen molar-refractivity contribution >= 4 is 16.1 Å². The molecule has 1 unspecified atom stereocenters. The van der Waals surface area contributed by atoms with Crippen LogP contribution in [-0.2, 0) is 28.0 Å². The highest BCUT2D eigenvalue weighted by Crippen LogP contribution is 2.26. The molecular formula is C22H29FN6O6S. The van der Waals surface area contributed by atoms with Crippen molar-refractivity contribution in [2.45, 2.75) is 19.1 Å². The van der Waals surface area contributed by atoms with Gasteiger partial charge >= 0.3 is 0 Å². The molecule has 0 spiro atoms. The Morgan fingerprint density at radius 2 is 1.89 bits per heavy atom. The number of hydrogen-bond acceptors (Lipinski definition) is 8. The number of carbonyl (C=O) groups excluding carboxylic acids is 1. The zero-order valence-electron chi connectivity index (χ0n) is 20.1. The zero-order valence-corrected chi connectivity index (χ0v) is 20.9. The summed E-state index contributed by atoms with van der Waals surface area (Å²) in [6.45, 7) is 1.82. The van der Waals surface area contributed by atoms with Gasteiger partial charge in [-0.15, -0.1) is 0 Å². The van der Waals surface area contributed by atoms with Crippen molar-refractivity contribution < 1.29 is 27.4 Å². The summed E-state index contributed by atoms with van der Waals surface area (Å²) >= 11 is 0. The van der Waals surface area contributed by atoms with E-state index in [1.165, 1.54) is 35.6 Å². The standard InChI is InChI=1S/C22H29FN6O6S/c1-26-7-9-28(10-8-26)36(33,34)27(2)17-14-35-12-11-29-20(17)25-18(19(30)22(29)32)21(31)24-13-15-3-5-16(23)6-4-15/h3-6,17,30H,7-14H2,1-2H3,(H,24,31). The first kappa shape index (κ1) is 26.2. The summed E-state index contributed by atoms with van der Waals surface area (Å²) in [5.74, 6) is -2.10. The topological polar surface area (TPSA) is 137 Å². The number of fused-ring (bicyclic) bond motifs is 1. The van der Waals surface area contributed by atoms with E-state index in [-0.39, 0.29) is 32.1 Å². The summed E-state index contributed by atoms with van der Waals surface area (Å²) < 4.78 is 49.1. The van der Waals surface area contributed by atoms with Gasteiger partial charge in [-0.1, -0.05) is 12.1 Å². The van der Waals surface area contributed by atoms with Gasteiger partial charge in [-0.2, -0.15) is 17.0 Å². The Balaban J connectivity index is 1.64. The minimum Gasteiger partial charge on any atom is -0.501 e. The lowest BCUT2D eigenvalue weighted by Gasteiger charge is -2.36. The van der Waals surface area contributed by atoms with E-state index in [0.717, 1.165) is 8.87 Å². The molecule has 1 aromatic heterocycles. The van der Waals surface area contributed by atoms with E-state index in [1.54, 1.807) is 0 Å². The van der Waals surface area contributed by atoms with Crippen molar-refractivity contribution in [2.75, 3.05) is 53.5 Å². The number of nitrogens with zero attached hydrogens (tertiary/aromatic N) is 5. The molecule has 2 aromatic rings. The van der Waals surface area contributed by atoms with Crippen LogP contribution in [0.15, 0.2) is 29.1 Å². The van der Waals surface area contributed by atoms with Crippen LogP contribution < -0.4 is 10.9 Å². The number of aromatic nitrogens is 2. The number of hydrogen-bond donors (Lipinski definition) is 2. The van der Waals surface area contributed by atoms with Crippen LogP contribution in [0.2, 0.25) is 0 Å². The summed E-state index contributed by atoms with van der Waals surface area (Å²) in [5, 5.41) is 13.0. The van der Waals surface area contributed by atoms with Gasteiger partial charge in [0.25, 0.3) is 21.7 Å². The number of amides is 1. The Bertz CT molecular complexity index is 1280. The van der Waals surface area contributed by atoms with E-state index in [4.69, 9.17) is 4.74 Å². The van der Waals surface area contributed by atoms with Gasteiger partial charge in [0.15, 0.2) is 5.69 Å². The van der Waals surface area contributed by atoms with E-state index in [2.05, 4.69) is 10.3 Å². The average Bonchev–Trinajstić information content (AvgIpc) is 3.08. The molecule has 2 aliphatic heterocycles. The van der Waals surface area contributed by atoms with Crippen LogP contribution in [0.3, 0.4) is 0 Å². The van der Waals surface area contributed by atoms with Crippen LogP contribution in [0.1, 0.15) is 27.9 Å². The van der Waals surface area contributed by atoms with Crippen LogP contribution in [0.25, 0.3) is 0 Å². The van der Waals surface area contributed by atoms with Crippen molar-refractivity contribution in [1.29, 1.82) is 0 Å². The van der Waals surface area contributed by atoms with Crippen molar-refractivity contribution in [3.05, 3.63) is 57.5 Å². The van der Waals surface area contributed by atoms with Gasteiger partial charge in [-0.05, 0) is 24.7 Å². The minimum absolute atomic E-state index is 0.00225. The Hall–Kier alpha value is -2.91. The molecule has 4 rings (SSSR count). The maximum absolute atomic E-state index is 13.4. The molecule has 1 fully saturated rings. The van der Waals surface area contributed by atoms with Crippen molar-refractivity contribution in [1.82, 2.24) is 28.4 Å². The molecule has 2 aliphatic rings. The van der Waals surface area contributed by atoms with Gasteiger partial charge in [0.05, 0.1) is 19.8 Å². The first-order valence-corrected chi connectivity index (χ1v) is 12.8. The minimum atomic E-state index is -3.94. The molecule has 3 heterocycles. The Morgan fingerprint density at radius 3 is 2.56 bits per heavy atom. The SMILES string of the molecule is CN1CCN(S(=O)(=O)N(C)C2COCCn3c2nc(C(=O)NCc2ccc(F)cc2)c(O)c3=O)CC1. The number of halogens is 1. The molecule has 14 heteroatoms. The summed E-state index contributed by atoms with van der Waals surface area (Å²) in [6, 6.07) is 4.45. The Kier molecular flexibility index (Phi) is 7.70.